The fraction of sp³-hybridized carbons (Fsp3) is 0.348. The van der Waals surface area contributed by atoms with Crippen LogP contribution in [-0.4, -0.2) is 44.1 Å². The molecule has 1 aromatic carbocycles. The van der Waals surface area contributed by atoms with Crippen LogP contribution < -0.4 is 5.32 Å². The zero-order valence-corrected chi connectivity index (χ0v) is 17.3. The van der Waals surface area contributed by atoms with Crippen LogP contribution in [0.3, 0.4) is 0 Å². The maximum Gasteiger partial charge on any atom is 0.223 e. The number of benzene rings is 1. The Morgan fingerprint density at radius 1 is 1.23 bits per heavy atom. The van der Waals surface area contributed by atoms with Crippen LogP contribution in [0.5, 0.6) is 0 Å². The minimum atomic E-state index is 0.315. The molecule has 0 bridgehead atoms. The van der Waals surface area contributed by atoms with Crippen molar-refractivity contribution in [2.75, 3.05) is 18.4 Å². The summed E-state index contributed by atoms with van der Waals surface area (Å²) < 4.78 is 5.23. The van der Waals surface area contributed by atoms with E-state index in [1.165, 1.54) is 5.56 Å². The first-order valence-electron chi connectivity index (χ1n) is 10.5. The van der Waals surface area contributed by atoms with Crippen LogP contribution in [0.15, 0.2) is 53.3 Å². The smallest absolute Gasteiger partial charge is 0.223 e. The number of pyridine rings is 1. The van der Waals surface area contributed by atoms with E-state index in [9.17, 15) is 0 Å². The highest BCUT2D eigenvalue weighted by Crippen LogP contribution is 2.34. The Kier molecular flexibility index (Phi) is 4.96. The summed E-state index contributed by atoms with van der Waals surface area (Å²) in [6, 6.07) is 13.0. The lowest BCUT2D eigenvalue weighted by molar-refractivity contribution is 0.170. The lowest BCUT2D eigenvalue weighted by Crippen LogP contribution is -2.46. The van der Waals surface area contributed by atoms with Crippen LogP contribution in [0, 0.1) is 12.8 Å². The summed E-state index contributed by atoms with van der Waals surface area (Å²) in [6.07, 6.45) is 4.89. The van der Waals surface area contributed by atoms with Crippen molar-refractivity contribution in [3.8, 4) is 11.4 Å². The molecule has 4 heterocycles. The topological polar surface area (TPSA) is 82.9 Å². The molecule has 4 aromatic rings. The van der Waals surface area contributed by atoms with Crippen molar-refractivity contribution in [2.45, 2.75) is 32.9 Å². The van der Waals surface area contributed by atoms with E-state index >= 15 is 0 Å². The van der Waals surface area contributed by atoms with E-state index < -0.39 is 0 Å². The maximum atomic E-state index is 5.23. The molecule has 2 N–H and O–H groups in total. The second-order valence-corrected chi connectivity index (χ2v) is 8.16. The maximum absolute atomic E-state index is 5.23. The molecule has 0 radical (unpaired) electrons. The molecule has 154 valence electrons. The average Bonchev–Trinajstić information content (AvgIpc) is 3.40. The van der Waals surface area contributed by atoms with E-state index in [0.717, 1.165) is 48.3 Å². The van der Waals surface area contributed by atoms with E-state index in [2.05, 4.69) is 73.6 Å². The standard InChI is InChI=1S/C23H26N6O/c1-15-9-11-29(13-17-6-4-3-5-7-17)14-20(15)27-21-18-8-10-24-22(18)25-12-19(21)23-26-16(2)30-28-23/h3-8,10,12,15,20H,9,11,13-14H2,1-2H3,(H2,24,25,27)/t15-,20+/m1/s1. The summed E-state index contributed by atoms with van der Waals surface area (Å²) in [7, 11) is 0. The summed E-state index contributed by atoms with van der Waals surface area (Å²) in [5.74, 6) is 1.67. The molecule has 1 saturated heterocycles. The normalized spacial score (nSPS) is 19.9. The minimum absolute atomic E-state index is 0.315. The molecule has 7 heteroatoms. The van der Waals surface area contributed by atoms with Crippen molar-refractivity contribution < 1.29 is 4.52 Å². The van der Waals surface area contributed by atoms with E-state index in [1.54, 1.807) is 6.92 Å². The number of nitrogens with zero attached hydrogens (tertiary/aromatic N) is 4. The van der Waals surface area contributed by atoms with Gasteiger partial charge in [-0.15, -0.1) is 0 Å². The van der Waals surface area contributed by atoms with Crippen molar-refractivity contribution in [1.29, 1.82) is 0 Å². The molecule has 1 fully saturated rings. The van der Waals surface area contributed by atoms with Gasteiger partial charge >= 0.3 is 0 Å². The van der Waals surface area contributed by atoms with Gasteiger partial charge < -0.3 is 14.8 Å². The van der Waals surface area contributed by atoms with Crippen molar-refractivity contribution in [1.82, 2.24) is 25.0 Å². The van der Waals surface area contributed by atoms with Crippen molar-refractivity contribution in [3.63, 3.8) is 0 Å². The molecule has 0 aliphatic carbocycles. The molecule has 7 nitrogen and oxygen atoms in total. The largest absolute Gasteiger partial charge is 0.380 e. The monoisotopic (exact) mass is 402 g/mol. The third-order valence-electron chi connectivity index (χ3n) is 5.98. The molecule has 0 spiro atoms. The molecule has 30 heavy (non-hydrogen) atoms. The van der Waals surface area contributed by atoms with E-state index in [0.29, 0.717) is 23.7 Å². The number of piperidine rings is 1. The minimum Gasteiger partial charge on any atom is -0.380 e. The molecule has 1 aliphatic heterocycles. The number of rotatable bonds is 5. The van der Waals surface area contributed by atoms with Gasteiger partial charge in [0, 0.05) is 43.8 Å². The Bertz CT molecular complexity index is 1140. The van der Waals surface area contributed by atoms with Gasteiger partial charge in [-0.05, 0) is 30.5 Å². The zero-order chi connectivity index (χ0) is 20.5. The Balaban J connectivity index is 1.44. The van der Waals surface area contributed by atoms with Crippen LogP contribution in [0.4, 0.5) is 5.69 Å². The lowest BCUT2D eigenvalue weighted by atomic mass is 9.92. The van der Waals surface area contributed by atoms with Crippen molar-refractivity contribution >= 4 is 16.7 Å². The van der Waals surface area contributed by atoms with Gasteiger partial charge in [-0.2, -0.15) is 4.98 Å². The number of H-pyrrole nitrogens is 1. The van der Waals surface area contributed by atoms with Gasteiger partial charge in [-0.1, -0.05) is 42.4 Å². The number of hydrogen-bond donors (Lipinski definition) is 2. The molecule has 5 rings (SSSR count). The summed E-state index contributed by atoms with van der Waals surface area (Å²) in [5.41, 5.74) is 4.09. The van der Waals surface area contributed by atoms with Crippen LogP contribution in [0.1, 0.15) is 24.8 Å². The number of aromatic amines is 1. The second kappa shape index (κ2) is 7.91. The molecule has 1 aliphatic rings. The van der Waals surface area contributed by atoms with Gasteiger partial charge in [0.05, 0.1) is 11.3 Å². The third-order valence-corrected chi connectivity index (χ3v) is 5.98. The predicted molar refractivity (Wildman–Crippen MR) is 117 cm³/mol. The van der Waals surface area contributed by atoms with E-state index in [-0.39, 0.29) is 0 Å². The van der Waals surface area contributed by atoms with E-state index in [4.69, 9.17) is 4.52 Å². The molecule has 0 unspecified atom stereocenters. The van der Waals surface area contributed by atoms with Gasteiger partial charge in [0.25, 0.3) is 0 Å². The first-order chi connectivity index (χ1) is 14.7. The van der Waals surface area contributed by atoms with Gasteiger partial charge in [-0.25, -0.2) is 4.98 Å². The molecule has 2 atom stereocenters. The van der Waals surface area contributed by atoms with Crippen LogP contribution in [0.25, 0.3) is 22.4 Å². The number of nitrogens with one attached hydrogen (secondary N) is 2. The summed E-state index contributed by atoms with van der Waals surface area (Å²) in [5, 5.41) is 9.01. The Labute approximate surface area is 175 Å². The van der Waals surface area contributed by atoms with Gasteiger partial charge in [0.2, 0.25) is 11.7 Å². The quantitative estimate of drug-likeness (QED) is 0.519. The molecule has 0 saturated carbocycles. The second-order valence-electron chi connectivity index (χ2n) is 8.16. The Morgan fingerprint density at radius 3 is 2.90 bits per heavy atom. The fourth-order valence-corrected chi connectivity index (χ4v) is 4.24. The van der Waals surface area contributed by atoms with Gasteiger partial charge in [-0.3, -0.25) is 4.90 Å². The number of likely N-dealkylation sites (tertiary alicyclic amines) is 1. The highest BCUT2D eigenvalue weighted by Gasteiger charge is 2.28. The Hall–Kier alpha value is -3.19. The zero-order valence-electron chi connectivity index (χ0n) is 17.3. The number of fused-ring (bicyclic) bond motifs is 1. The van der Waals surface area contributed by atoms with Crippen LogP contribution in [0.2, 0.25) is 0 Å². The first-order valence-corrected chi connectivity index (χ1v) is 10.5. The third kappa shape index (κ3) is 3.68. The summed E-state index contributed by atoms with van der Waals surface area (Å²) in [6.45, 7) is 7.19. The van der Waals surface area contributed by atoms with Crippen molar-refractivity contribution in [2.24, 2.45) is 5.92 Å². The van der Waals surface area contributed by atoms with Crippen molar-refractivity contribution in [3.05, 3.63) is 60.2 Å². The predicted octanol–water partition coefficient (Wildman–Crippen LogP) is 4.24. The number of aromatic nitrogens is 4. The van der Waals surface area contributed by atoms with Gasteiger partial charge in [0.15, 0.2) is 0 Å². The number of anilines is 1. The lowest BCUT2D eigenvalue weighted by Gasteiger charge is -2.38. The molecular formula is C23H26N6O. The summed E-state index contributed by atoms with van der Waals surface area (Å²) in [4.78, 5) is 14.7. The number of hydrogen-bond acceptors (Lipinski definition) is 6. The van der Waals surface area contributed by atoms with Crippen LogP contribution >= 0.6 is 0 Å². The molecule has 0 amide bonds. The van der Waals surface area contributed by atoms with E-state index in [1.807, 2.05) is 12.4 Å². The number of aryl methyl sites for hydroxylation is 1. The highest BCUT2D eigenvalue weighted by atomic mass is 16.5. The first kappa shape index (κ1) is 18.8. The fourth-order valence-electron chi connectivity index (χ4n) is 4.24. The van der Waals surface area contributed by atoms with Crippen LogP contribution in [-0.2, 0) is 6.54 Å². The molecular weight excluding hydrogens is 376 g/mol. The SMILES string of the molecule is Cc1nc(-c2cnc3[nH]ccc3c2N[C@H]2CN(Cc3ccccc3)CC[C@H]2C)no1. The molecule has 3 aromatic heterocycles. The average molecular weight is 403 g/mol. The highest BCUT2D eigenvalue weighted by molar-refractivity contribution is 5.97. The van der Waals surface area contributed by atoms with Gasteiger partial charge in [0.1, 0.15) is 5.65 Å². The Morgan fingerprint density at radius 2 is 2.10 bits per heavy atom. The summed E-state index contributed by atoms with van der Waals surface area (Å²) >= 11 is 0.